The van der Waals surface area contributed by atoms with Gasteiger partial charge in [-0.2, -0.15) is 0 Å². The third kappa shape index (κ3) is 2.85. The monoisotopic (exact) mass is 308 g/mol. The molecule has 0 saturated heterocycles. The molecule has 6 heteroatoms. The van der Waals surface area contributed by atoms with E-state index < -0.39 is 0 Å². The van der Waals surface area contributed by atoms with Gasteiger partial charge in [-0.1, -0.05) is 11.6 Å². The molecule has 21 heavy (non-hydrogen) atoms. The predicted molar refractivity (Wildman–Crippen MR) is 79.5 cm³/mol. The highest BCUT2D eigenvalue weighted by atomic mass is 35.5. The molecule has 1 aromatic carbocycles. The lowest BCUT2D eigenvalue weighted by molar-refractivity contribution is 0.173. The normalized spacial score (nSPS) is 14.7. The molecule has 0 bridgehead atoms. The van der Waals surface area contributed by atoms with Crippen LogP contribution < -0.4 is 15.2 Å². The second kappa shape index (κ2) is 5.97. The van der Waals surface area contributed by atoms with Crippen molar-refractivity contribution < 1.29 is 13.9 Å². The molecule has 0 fully saturated rings. The van der Waals surface area contributed by atoms with Gasteiger partial charge in [-0.25, -0.2) is 0 Å². The Labute approximate surface area is 128 Å². The van der Waals surface area contributed by atoms with E-state index >= 15 is 0 Å². The van der Waals surface area contributed by atoms with Crippen molar-refractivity contribution in [3.05, 3.63) is 46.9 Å². The largest absolute Gasteiger partial charge is 0.468 e. The topological polar surface area (TPSA) is 60.9 Å². The molecule has 0 amide bonds. The Hall–Kier alpha value is -1.69. The maximum atomic E-state index is 6.24. The smallest absolute Gasteiger partial charge is 0.231 e. The Kier molecular flexibility index (Phi) is 4.05. The summed E-state index contributed by atoms with van der Waals surface area (Å²) in [6.07, 6.45) is 1.66. The van der Waals surface area contributed by atoms with E-state index in [0.717, 1.165) is 11.3 Å². The van der Waals surface area contributed by atoms with Gasteiger partial charge >= 0.3 is 0 Å². The predicted octanol–water partition coefficient (Wildman–Crippen LogP) is 2.79. The lowest BCUT2D eigenvalue weighted by Crippen LogP contribution is -2.30. The van der Waals surface area contributed by atoms with Gasteiger partial charge in [0, 0.05) is 12.6 Å². The number of hydrogen-bond acceptors (Lipinski definition) is 5. The molecule has 2 heterocycles. The highest BCUT2D eigenvalue weighted by Crippen LogP contribution is 2.41. The van der Waals surface area contributed by atoms with Gasteiger partial charge in [0.1, 0.15) is 5.76 Å². The Balaban J connectivity index is 1.84. The van der Waals surface area contributed by atoms with Gasteiger partial charge in [0.2, 0.25) is 6.79 Å². The van der Waals surface area contributed by atoms with Crippen LogP contribution in [0, 0.1) is 0 Å². The average Bonchev–Trinajstić information content (AvgIpc) is 3.10. The third-order valence-electron chi connectivity index (χ3n) is 3.57. The summed E-state index contributed by atoms with van der Waals surface area (Å²) in [6, 6.07) is 7.65. The Bertz CT molecular complexity index is 616. The second-order valence-electron chi connectivity index (χ2n) is 4.98. The van der Waals surface area contributed by atoms with Crippen molar-refractivity contribution in [2.45, 2.75) is 12.6 Å². The maximum absolute atomic E-state index is 6.24. The number of ether oxygens (including phenoxy) is 2. The molecule has 0 aliphatic carbocycles. The minimum atomic E-state index is 0.0158. The van der Waals surface area contributed by atoms with E-state index in [2.05, 4.69) is 4.90 Å². The van der Waals surface area contributed by atoms with Gasteiger partial charge in [-0.3, -0.25) is 4.90 Å². The van der Waals surface area contributed by atoms with Crippen molar-refractivity contribution in [1.82, 2.24) is 4.90 Å². The van der Waals surface area contributed by atoms with E-state index in [1.807, 2.05) is 31.3 Å². The average molecular weight is 309 g/mol. The van der Waals surface area contributed by atoms with Gasteiger partial charge in [0.15, 0.2) is 11.5 Å². The van der Waals surface area contributed by atoms with E-state index in [4.69, 9.17) is 31.2 Å². The lowest BCUT2D eigenvalue weighted by Gasteiger charge is -2.26. The molecule has 112 valence electrons. The summed E-state index contributed by atoms with van der Waals surface area (Å²) in [4.78, 5) is 2.12. The molecule has 3 rings (SSSR count). The molecule has 0 radical (unpaired) electrons. The fourth-order valence-electron chi connectivity index (χ4n) is 2.51. The van der Waals surface area contributed by atoms with Gasteiger partial charge in [0.05, 0.1) is 17.8 Å². The fraction of sp³-hybridized carbons (Fsp3) is 0.333. The van der Waals surface area contributed by atoms with Crippen LogP contribution in [-0.4, -0.2) is 25.3 Å². The van der Waals surface area contributed by atoms with E-state index in [9.17, 15) is 0 Å². The van der Waals surface area contributed by atoms with Crippen molar-refractivity contribution in [3.8, 4) is 11.5 Å². The number of hydrogen-bond donors (Lipinski definition) is 1. The van der Waals surface area contributed by atoms with E-state index in [-0.39, 0.29) is 12.8 Å². The second-order valence-corrected chi connectivity index (χ2v) is 5.39. The van der Waals surface area contributed by atoms with Gasteiger partial charge < -0.3 is 19.6 Å². The van der Waals surface area contributed by atoms with E-state index in [1.54, 1.807) is 6.26 Å². The highest BCUT2D eigenvalue weighted by Gasteiger charge is 2.23. The molecular formula is C15H17ClN2O3. The zero-order valence-electron chi connectivity index (χ0n) is 11.7. The molecule has 1 aliphatic heterocycles. The van der Waals surface area contributed by atoms with Crippen molar-refractivity contribution >= 4 is 11.6 Å². The standard InChI is InChI=1S/C15H17ClN2O3/c1-18(8-11-3-2-4-19-11)13(7-17)10-5-12(16)15-14(6-10)20-9-21-15/h2-6,13H,7-9,17H2,1H3. The summed E-state index contributed by atoms with van der Waals surface area (Å²) in [6.45, 7) is 1.34. The zero-order valence-corrected chi connectivity index (χ0v) is 12.5. The van der Waals surface area contributed by atoms with E-state index in [1.165, 1.54) is 0 Å². The SMILES string of the molecule is CN(Cc1ccco1)C(CN)c1cc(Cl)c2c(c1)OCO2. The zero-order chi connectivity index (χ0) is 14.8. The van der Waals surface area contributed by atoms with Crippen LogP contribution in [0.25, 0.3) is 0 Å². The Morgan fingerprint density at radius 1 is 1.38 bits per heavy atom. The molecule has 1 aliphatic rings. The number of rotatable bonds is 5. The van der Waals surface area contributed by atoms with Crippen molar-refractivity contribution in [3.63, 3.8) is 0 Å². The minimum Gasteiger partial charge on any atom is -0.468 e. The molecule has 5 nitrogen and oxygen atoms in total. The number of nitrogens with two attached hydrogens (primary N) is 1. The first-order valence-corrected chi connectivity index (χ1v) is 7.08. The number of benzene rings is 1. The molecule has 2 N–H and O–H groups in total. The van der Waals surface area contributed by atoms with Crippen LogP contribution in [-0.2, 0) is 6.54 Å². The summed E-state index contributed by atoms with van der Waals surface area (Å²) in [5.41, 5.74) is 6.94. The van der Waals surface area contributed by atoms with Crippen molar-refractivity contribution in [1.29, 1.82) is 0 Å². The number of nitrogens with zero attached hydrogens (tertiary/aromatic N) is 1. The molecule has 2 aromatic rings. The maximum Gasteiger partial charge on any atom is 0.231 e. The van der Waals surface area contributed by atoms with Crippen LogP contribution in [0.4, 0.5) is 0 Å². The molecule has 1 unspecified atom stereocenters. The van der Waals surface area contributed by atoms with Crippen LogP contribution in [0.2, 0.25) is 5.02 Å². The molecule has 0 spiro atoms. The first kappa shape index (κ1) is 14.3. The Morgan fingerprint density at radius 2 is 2.24 bits per heavy atom. The molecule has 0 saturated carbocycles. The van der Waals surface area contributed by atoms with Crippen LogP contribution in [0.3, 0.4) is 0 Å². The fourth-order valence-corrected chi connectivity index (χ4v) is 2.78. The first-order chi connectivity index (χ1) is 10.2. The highest BCUT2D eigenvalue weighted by molar-refractivity contribution is 6.32. The third-order valence-corrected chi connectivity index (χ3v) is 3.86. The van der Waals surface area contributed by atoms with Crippen LogP contribution in [0.5, 0.6) is 11.5 Å². The van der Waals surface area contributed by atoms with Crippen molar-refractivity contribution in [2.75, 3.05) is 20.4 Å². The molecule has 1 aromatic heterocycles. The summed E-state index contributed by atoms with van der Waals surface area (Å²) in [5, 5.41) is 0.546. The first-order valence-electron chi connectivity index (χ1n) is 6.70. The van der Waals surface area contributed by atoms with Gasteiger partial charge in [0.25, 0.3) is 0 Å². The number of furan rings is 1. The summed E-state index contributed by atoms with van der Waals surface area (Å²) >= 11 is 6.24. The Morgan fingerprint density at radius 3 is 2.95 bits per heavy atom. The van der Waals surface area contributed by atoms with Gasteiger partial charge in [-0.15, -0.1) is 0 Å². The quantitative estimate of drug-likeness (QED) is 0.920. The van der Waals surface area contributed by atoms with Crippen LogP contribution in [0.15, 0.2) is 34.9 Å². The lowest BCUT2D eigenvalue weighted by atomic mass is 10.0. The van der Waals surface area contributed by atoms with E-state index in [0.29, 0.717) is 29.6 Å². The summed E-state index contributed by atoms with van der Waals surface area (Å²) in [7, 11) is 2.00. The van der Waals surface area contributed by atoms with Gasteiger partial charge in [-0.05, 0) is 36.9 Å². The number of likely N-dealkylation sites (N-methyl/N-ethyl adjacent to an activating group) is 1. The molecular weight excluding hydrogens is 292 g/mol. The minimum absolute atomic E-state index is 0.0158. The summed E-state index contributed by atoms with van der Waals surface area (Å²) < 4.78 is 16.1. The van der Waals surface area contributed by atoms with Crippen LogP contribution >= 0.6 is 11.6 Å². The van der Waals surface area contributed by atoms with Crippen LogP contribution in [0.1, 0.15) is 17.4 Å². The van der Waals surface area contributed by atoms with Crippen molar-refractivity contribution in [2.24, 2.45) is 5.73 Å². The summed E-state index contributed by atoms with van der Waals surface area (Å²) in [5.74, 6) is 2.16. The number of halogens is 1. The molecule has 1 atom stereocenters. The number of fused-ring (bicyclic) bond motifs is 1.